The predicted molar refractivity (Wildman–Crippen MR) is 116 cm³/mol. The van der Waals surface area contributed by atoms with E-state index < -0.39 is 0 Å². The third kappa shape index (κ3) is 4.56. The number of carbonyl (C=O) groups excluding carboxylic acids is 1. The van der Waals surface area contributed by atoms with Crippen LogP contribution >= 0.6 is 0 Å². The van der Waals surface area contributed by atoms with Gasteiger partial charge in [-0.15, -0.1) is 0 Å². The van der Waals surface area contributed by atoms with E-state index in [-0.39, 0.29) is 24.3 Å². The molecule has 0 spiro atoms. The zero-order valence-corrected chi connectivity index (χ0v) is 17.6. The van der Waals surface area contributed by atoms with Gasteiger partial charge in [-0.05, 0) is 74.2 Å². The summed E-state index contributed by atoms with van der Waals surface area (Å²) in [6.07, 6.45) is 2.24. The zero-order valence-electron chi connectivity index (χ0n) is 17.6. The lowest BCUT2D eigenvalue weighted by atomic mass is 10.1. The Labute approximate surface area is 181 Å². The topological polar surface area (TPSA) is 75.7 Å². The van der Waals surface area contributed by atoms with Crippen molar-refractivity contribution in [3.8, 4) is 17.6 Å². The van der Waals surface area contributed by atoms with Crippen molar-refractivity contribution in [2.75, 3.05) is 12.0 Å². The van der Waals surface area contributed by atoms with Crippen molar-refractivity contribution in [1.29, 1.82) is 5.26 Å². The molecule has 158 valence electrons. The summed E-state index contributed by atoms with van der Waals surface area (Å²) in [6.45, 7) is 2.21. The quantitative estimate of drug-likeness (QED) is 0.505. The van der Waals surface area contributed by atoms with Crippen LogP contribution in [0, 0.1) is 17.2 Å². The van der Waals surface area contributed by atoms with E-state index in [1.54, 1.807) is 48.4 Å². The molecule has 1 aromatic heterocycles. The molecule has 0 bridgehead atoms. The van der Waals surface area contributed by atoms with Crippen molar-refractivity contribution in [2.24, 2.45) is 5.92 Å². The normalized spacial score (nSPS) is 13.8. The number of para-hydroxylation sites is 1. The summed E-state index contributed by atoms with van der Waals surface area (Å²) in [5, 5.41) is 9.19. The monoisotopic (exact) mass is 416 g/mol. The number of hydrogen-bond acceptors (Lipinski definition) is 5. The number of methoxy groups -OCH3 is 1. The molecule has 1 fully saturated rings. The van der Waals surface area contributed by atoms with Crippen LogP contribution in [0.4, 0.5) is 5.69 Å². The van der Waals surface area contributed by atoms with Crippen molar-refractivity contribution in [3.05, 3.63) is 77.7 Å². The highest BCUT2D eigenvalue weighted by molar-refractivity contribution is 6.04. The Morgan fingerprint density at radius 3 is 2.58 bits per heavy atom. The number of nitrogens with zero attached hydrogens (tertiary/aromatic N) is 2. The molecule has 6 heteroatoms. The molecule has 0 saturated heterocycles. The summed E-state index contributed by atoms with van der Waals surface area (Å²) in [5.74, 6) is 2.31. The van der Waals surface area contributed by atoms with Crippen molar-refractivity contribution in [1.82, 2.24) is 0 Å². The molecule has 1 saturated carbocycles. The van der Waals surface area contributed by atoms with Crippen LogP contribution in [0.3, 0.4) is 0 Å². The maximum Gasteiger partial charge on any atom is 0.294 e. The Balaban J connectivity index is 1.52. The lowest BCUT2D eigenvalue weighted by Crippen LogP contribution is -2.40. The van der Waals surface area contributed by atoms with E-state index in [9.17, 15) is 10.1 Å². The summed E-state index contributed by atoms with van der Waals surface area (Å²) in [7, 11) is 1.62. The second kappa shape index (κ2) is 8.97. The molecule has 1 heterocycles. The summed E-state index contributed by atoms with van der Waals surface area (Å²) in [6, 6.07) is 20.1. The van der Waals surface area contributed by atoms with Gasteiger partial charge in [-0.25, -0.2) is 0 Å². The first-order valence-corrected chi connectivity index (χ1v) is 10.3. The van der Waals surface area contributed by atoms with Crippen molar-refractivity contribution >= 4 is 11.6 Å². The van der Waals surface area contributed by atoms with E-state index >= 15 is 0 Å². The molecule has 1 aliphatic rings. The predicted octanol–water partition coefficient (Wildman–Crippen LogP) is 5.18. The Kier molecular flexibility index (Phi) is 5.94. The molecule has 4 rings (SSSR count). The van der Waals surface area contributed by atoms with Crippen LogP contribution < -0.4 is 14.4 Å². The fraction of sp³-hybridized carbons (Fsp3) is 0.280. The molecule has 31 heavy (non-hydrogen) atoms. The van der Waals surface area contributed by atoms with E-state index in [0.717, 1.165) is 24.3 Å². The highest BCUT2D eigenvalue weighted by Crippen LogP contribution is 2.38. The number of ether oxygens (including phenoxy) is 2. The molecular weight excluding hydrogens is 392 g/mol. The minimum absolute atomic E-state index is 0.0631. The van der Waals surface area contributed by atoms with Crippen LogP contribution in [-0.4, -0.2) is 19.1 Å². The second-order valence-corrected chi connectivity index (χ2v) is 7.61. The smallest absolute Gasteiger partial charge is 0.294 e. The van der Waals surface area contributed by atoms with E-state index in [1.807, 2.05) is 24.3 Å². The van der Waals surface area contributed by atoms with Crippen LogP contribution in [0.2, 0.25) is 0 Å². The number of hydrogen-bond donors (Lipinski definition) is 0. The van der Waals surface area contributed by atoms with Gasteiger partial charge in [-0.3, -0.25) is 4.79 Å². The number of amides is 1. The fourth-order valence-corrected chi connectivity index (χ4v) is 3.59. The van der Waals surface area contributed by atoms with E-state index in [4.69, 9.17) is 13.9 Å². The largest absolute Gasteiger partial charge is 0.497 e. The highest BCUT2D eigenvalue weighted by Gasteiger charge is 2.36. The van der Waals surface area contributed by atoms with Gasteiger partial charge in [0.1, 0.15) is 29.9 Å². The maximum atomic E-state index is 13.4. The number of rotatable bonds is 8. The van der Waals surface area contributed by atoms with Gasteiger partial charge in [0.15, 0.2) is 5.76 Å². The van der Waals surface area contributed by atoms with E-state index in [1.165, 1.54) is 0 Å². The molecule has 1 aliphatic carbocycles. The van der Waals surface area contributed by atoms with Crippen LogP contribution in [-0.2, 0) is 6.61 Å². The lowest BCUT2D eigenvalue weighted by molar-refractivity contribution is 0.0944. The fourth-order valence-electron chi connectivity index (χ4n) is 3.59. The number of furan rings is 1. The van der Waals surface area contributed by atoms with Crippen LogP contribution in [0.25, 0.3) is 0 Å². The van der Waals surface area contributed by atoms with Gasteiger partial charge in [0.05, 0.1) is 12.7 Å². The van der Waals surface area contributed by atoms with Gasteiger partial charge >= 0.3 is 0 Å². The number of anilines is 1. The first kappa shape index (κ1) is 20.5. The zero-order chi connectivity index (χ0) is 21.8. The Bertz CT molecular complexity index is 1090. The van der Waals surface area contributed by atoms with E-state index in [2.05, 4.69) is 13.0 Å². The average Bonchev–Trinajstić information content (AvgIpc) is 3.56. The lowest BCUT2D eigenvalue weighted by Gasteiger charge is -2.29. The minimum atomic E-state index is -0.187. The Morgan fingerprint density at radius 2 is 1.90 bits per heavy atom. The Hall–Kier alpha value is -3.72. The third-order valence-corrected chi connectivity index (χ3v) is 5.53. The average molecular weight is 416 g/mol. The third-order valence-electron chi connectivity index (χ3n) is 5.53. The molecule has 2 aromatic carbocycles. The molecule has 0 aliphatic heterocycles. The summed E-state index contributed by atoms with van der Waals surface area (Å²) < 4.78 is 16.8. The van der Waals surface area contributed by atoms with Crippen molar-refractivity contribution < 1.29 is 18.7 Å². The molecule has 0 N–H and O–H groups in total. The summed E-state index contributed by atoms with van der Waals surface area (Å²) in [4.78, 5) is 15.2. The number of benzene rings is 2. The minimum Gasteiger partial charge on any atom is -0.497 e. The maximum absolute atomic E-state index is 13.4. The van der Waals surface area contributed by atoms with Gasteiger partial charge < -0.3 is 18.8 Å². The SMILES string of the molecule is COc1ccc(N(C(=O)c2ccc(COc3ccccc3C#N)o2)C(C)C2CC2)cc1. The second-order valence-electron chi connectivity index (χ2n) is 7.61. The van der Waals surface area contributed by atoms with Crippen molar-refractivity contribution in [3.63, 3.8) is 0 Å². The molecule has 6 nitrogen and oxygen atoms in total. The number of nitriles is 1. The standard InChI is InChI=1S/C25H24N2O4/c1-17(18-7-8-18)27(20-9-11-21(29-2)12-10-20)25(28)24-14-13-22(31-24)16-30-23-6-4-3-5-19(23)15-26/h3-6,9-14,17-18H,7-8,16H2,1-2H3. The van der Waals surface area contributed by atoms with Gasteiger partial charge in [0.2, 0.25) is 0 Å². The molecular formula is C25H24N2O4. The van der Waals surface area contributed by atoms with Crippen LogP contribution in [0.1, 0.15) is 41.6 Å². The molecule has 1 atom stereocenters. The van der Waals surface area contributed by atoms with Gasteiger partial charge in [-0.2, -0.15) is 5.26 Å². The van der Waals surface area contributed by atoms with Crippen LogP contribution in [0.15, 0.2) is 65.1 Å². The van der Waals surface area contributed by atoms with Crippen molar-refractivity contribution in [2.45, 2.75) is 32.4 Å². The van der Waals surface area contributed by atoms with E-state index in [0.29, 0.717) is 23.0 Å². The summed E-state index contributed by atoms with van der Waals surface area (Å²) in [5.41, 5.74) is 1.26. The Morgan fingerprint density at radius 1 is 1.16 bits per heavy atom. The first-order valence-electron chi connectivity index (χ1n) is 10.3. The molecule has 3 aromatic rings. The van der Waals surface area contributed by atoms with Gasteiger partial charge in [0, 0.05) is 11.7 Å². The van der Waals surface area contributed by atoms with Crippen LogP contribution in [0.5, 0.6) is 11.5 Å². The number of carbonyl (C=O) groups is 1. The highest BCUT2D eigenvalue weighted by atomic mass is 16.5. The van der Waals surface area contributed by atoms with Gasteiger partial charge in [-0.1, -0.05) is 12.1 Å². The molecule has 1 amide bonds. The first-order chi connectivity index (χ1) is 15.1. The molecule has 0 radical (unpaired) electrons. The molecule has 1 unspecified atom stereocenters. The van der Waals surface area contributed by atoms with Gasteiger partial charge in [0.25, 0.3) is 5.91 Å². The summed E-state index contributed by atoms with van der Waals surface area (Å²) >= 11 is 0.